The summed E-state index contributed by atoms with van der Waals surface area (Å²) in [5.41, 5.74) is 2.48. The Morgan fingerprint density at radius 1 is 1.00 bits per heavy atom. The lowest BCUT2D eigenvalue weighted by Gasteiger charge is -2.13. The summed E-state index contributed by atoms with van der Waals surface area (Å²) in [5.74, 6) is 0.426. The van der Waals surface area contributed by atoms with E-state index in [-0.39, 0.29) is 13.2 Å². The largest absolute Gasteiger partial charge is 0.487 e. The van der Waals surface area contributed by atoms with Gasteiger partial charge in [-0.15, -0.1) is 0 Å². The minimum Gasteiger partial charge on any atom is -0.487 e. The Bertz CT molecular complexity index is 627. The van der Waals surface area contributed by atoms with Gasteiger partial charge in [-0.2, -0.15) is 0 Å². The van der Waals surface area contributed by atoms with Gasteiger partial charge in [0.15, 0.2) is 0 Å². The smallest absolute Gasteiger partial charge is 0.144 e. The first kappa shape index (κ1) is 15.5. The fourth-order valence-corrected chi connectivity index (χ4v) is 2.69. The lowest BCUT2D eigenvalue weighted by molar-refractivity contribution is 0.259. The van der Waals surface area contributed by atoms with Crippen LogP contribution in [-0.4, -0.2) is 5.11 Å². The second-order valence-corrected chi connectivity index (χ2v) is 5.67. The zero-order chi connectivity index (χ0) is 14.7. The van der Waals surface area contributed by atoms with Crippen molar-refractivity contribution in [1.82, 2.24) is 0 Å². The van der Waals surface area contributed by atoms with Crippen molar-refractivity contribution in [2.75, 3.05) is 0 Å². The number of aliphatic hydroxyl groups is 1. The van der Waals surface area contributed by atoms with E-state index >= 15 is 0 Å². The van der Waals surface area contributed by atoms with E-state index in [2.05, 4.69) is 0 Å². The van der Waals surface area contributed by atoms with Crippen molar-refractivity contribution in [2.24, 2.45) is 0 Å². The Labute approximate surface area is 132 Å². The van der Waals surface area contributed by atoms with Crippen LogP contribution >= 0.6 is 34.8 Å². The first-order chi connectivity index (χ1) is 9.51. The fourth-order valence-electron chi connectivity index (χ4n) is 1.81. The van der Waals surface area contributed by atoms with E-state index in [1.807, 2.05) is 25.1 Å². The Morgan fingerprint density at radius 2 is 1.75 bits per heavy atom. The van der Waals surface area contributed by atoms with Crippen molar-refractivity contribution in [3.05, 3.63) is 62.1 Å². The van der Waals surface area contributed by atoms with Crippen LogP contribution in [0.1, 0.15) is 16.7 Å². The molecule has 2 aromatic carbocycles. The van der Waals surface area contributed by atoms with Gasteiger partial charge in [0.1, 0.15) is 12.4 Å². The van der Waals surface area contributed by atoms with Crippen LogP contribution in [0, 0.1) is 6.92 Å². The summed E-state index contributed by atoms with van der Waals surface area (Å²) in [7, 11) is 0. The van der Waals surface area contributed by atoms with Crippen LogP contribution in [0.5, 0.6) is 5.75 Å². The third-order valence-electron chi connectivity index (χ3n) is 2.84. The maximum absolute atomic E-state index is 9.33. The Balaban J connectivity index is 2.22. The third kappa shape index (κ3) is 3.58. The number of benzene rings is 2. The molecule has 1 N–H and O–H groups in total. The summed E-state index contributed by atoms with van der Waals surface area (Å²) < 4.78 is 5.69. The van der Waals surface area contributed by atoms with Crippen LogP contribution in [0.3, 0.4) is 0 Å². The molecule has 2 nitrogen and oxygen atoms in total. The molecule has 0 aromatic heterocycles. The number of aliphatic hydroxyl groups excluding tert-OH is 1. The van der Waals surface area contributed by atoms with Crippen molar-refractivity contribution in [3.8, 4) is 5.75 Å². The number of aryl methyl sites for hydroxylation is 1. The molecule has 106 valence electrons. The molecular weight excluding hydrogens is 319 g/mol. The van der Waals surface area contributed by atoms with E-state index in [0.29, 0.717) is 26.4 Å². The van der Waals surface area contributed by atoms with Crippen LogP contribution in [0.2, 0.25) is 15.1 Å². The van der Waals surface area contributed by atoms with Crippen LogP contribution < -0.4 is 4.74 Å². The minimum absolute atomic E-state index is 0.197. The topological polar surface area (TPSA) is 29.5 Å². The van der Waals surface area contributed by atoms with E-state index in [4.69, 9.17) is 39.5 Å². The van der Waals surface area contributed by atoms with Gasteiger partial charge in [0.25, 0.3) is 0 Å². The van der Waals surface area contributed by atoms with E-state index in [9.17, 15) is 5.11 Å². The normalized spacial score (nSPS) is 10.7. The summed E-state index contributed by atoms with van der Waals surface area (Å²) >= 11 is 18.1. The standard InChI is InChI=1S/C15H13Cl3O2/c1-9-2-3-10(13(17)4-9)8-20-15-11(7-19)5-12(16)6-14(15)18/h2-6,19H,7-8H2,1H3. The van der Waals surface area contributed by atoms with E-state index < -0.39 is 0 Å². The Morgan fingerprint density at radius 3 is 2.40 bits per heavy atom. The van der Waals surface area contributed by atoms with Crippen LogP contribution in [0.4, 0.5) is 0 Å². The predicted octanol–water partition coefficient (Wildman–Crippen LogP) is 5.03. The van der Waals surface area contributed by atoms with Gasteiger partial charge in [-0.1, -0.05) is 46.9 Å². The Kier molecular flexibility index (Phi) is 5.17. The number of hydrogen-bond acceptors (Lipinski definition) is 2. The summed E-state index contributed by atoms with van der Waals surface area (Å²) in [4.78, 5) is 0. The molecular formula is C15H13Cl3O2. The molecule has 0 aliphatic heterocycles. The molecule has 0 atom stereocenters. The van der Waals surface area contributed by atoms with Gasteiger partial charge in [-0.05, 0) is 30.7 Å². The molecule has 0 saturated carbocycles. The molecule has 0 heterocycles. The van der Waals surface area contributed by atoms with E-state index in [1.165, 1.54) is 0 Å². The maximum atomic E-state index is 9.33. The molecule has 0 unspecified atom stereocenters. The van der Waals surface area contributed by atoms with Gasteiger partial charge in [-0.3, -0.25) is 0 Å². The lowest BCUT2D eigenvalue weighted by Crippen LogP contribution is -2.00. The van der Waals surface area contributed by atoms with Gasteiger partial charge in [-0.25, -0.2) is 0 Å². The number of ether oxygens (including phenoxy) is 1. The quantitative estimate of drug-likeness (QED) is 0.851. The van der Waals surface area contributed by atoms with Gasteiger partial charge >= 0.3 is 0 Å². The highest BCUT2D eigenvalue weighted by Crippen LogP contribution is 2.33. The number of halogens is 3. The highest BCUT2D eigenvalue weighted by atomic mass is 35.5. The first-order valence-corrected chi connectivity index (χ1v) is 7.11. The van der Waals surface area contributed by atoms with Crippen LogP contribution in [0.25, 0.3) is 0 Å². The zero-order valence-electron chi connectivity index (χ0n) is 10.8. The molecule has 0 fully saturated rings. The summed E-state index contributed by atoms with van der Waals surface area (Å²) in [6, 6.07) is 8.94. The second-order valence-electron chi connectivity index (χ2n) is 4.42. The number of rotatable bonds is 4. The monoisotopic (exact) mass is 330 g/mol. The first-order valence-electron chi connectivity index (χ1n) is 5.98. The maximum Gasteiger partial charge on any atom is 0.144 e. The summed E-state index contributed by atoms with van der Waals surface area (Å²) in [6.07, 6.45) is 0. The fraction of sp³-hybridized carbons (Fsp3) is 0.200. The van der Waals surface area contributed by atoms with E-state index in [1.54, 1.807) is 12.1 Å². The van der Waals surface area contributed by atoms with Crippen molar-refractivity contribution in [3.63, 3.8) is 0 Å². The molecule has 0 saturated heterocycles. The van der Waals surface area contributed by atoms with Crippen LogP contribution in [0.15, 0.2) is 30.3 Å². The highest BCUT2D eigenvalue weighted by Gasteiger charge is 2.11. The van der Waals surface area contributed by atoms with Gasteiger partial charge in [0, 0.05) is 21.2 Å². The molecule has 2 aromatic rings. The molecule has 0 aliphatic carbocycles. The van der Waals surface area contributed by atoms with Gasteiger partial charge in [0.2, 0.25) is 0 Å². The van der Waals surface area contributed by atoms with Crippen LogP contribution in [-0.2, 0) is 13.2 Å². The highest BCUT2D eigenvalue weighted by molar-refractivity contribution is 6.35. The average molecular weight is 332 g/mol. The third-order valence-corrected chi connectivity index (χ3v) is 3.69. The van der Waals surface area contributed by atoms with Crippen molar-refractivity contribution in [1.29, 1.82) is 0 Å². The molecule has 0 spiro atoms. The van der Waals surface area contributed by atoms with Crippen molar-refractivity contribution < 1.29 is 9.84 Å². The molecule has 0 bridgehead atoms. The minimum atomic E-state index is -0.197. The Hall–Kier alpha value is -0.930. The molecule has 5 heteroatoms. The molecule has 0 amide bonds. The van der Waals surface area contributed by atoms with Gasteiger partial charge in [0.05, 0.1) is 11.6 Å². The van der Waals surface area contributed by atoms with Gasteiger partial charge < -0.3 is 9.84 Å². The van der Waals surface area contributed by atoms with Crippen molar-refractivity contribution in [2.45, 2.75) is 20.1 Å². The SMILES string of the molecule is Cc1ccc(COc2c(Cl)cc(Cl)cc2CO)c(Cl)c1. The lowest BCUT2D eigenvalue weighted by atomic mass is 10.1. The molecule has 20 heavy (non-hydrogen) atoms. The molecule has 0 radical (unpaired) electrons. The van der Waals surface area contributed by atoms with E-state index in [0.717, 1.165) is 11.1 Å². The molecule has 0 aliphatic rings. The zero-order valence-corrected chi connectivity index (χ0v) is 13.1. The summed E-state index contributed by atoms with van der Waals surface area (Å²) in [5, 5.41) is 10.8. The second kappa shape index (κ2) is 6.68. The molecule has 2 rings (SSSR count). The average Bonchev–Trinajstić information content (AvgIpc) is 2.38. The summed E-state index contributed by atoms with van der Waals surface area (Å²) in [6.45, 7) is 2.04. The number of hydrogen-bond donors (Lipinski definition) is 1. The van der Waals surface area contributed by atoms with Crippen molar-refractivity contribution >= 4 is 34.8 Å². The predicted molar refractivity (Wildman–Crippen MR) is 82.9 cm³/mol.